The van der Waals surface area contributed by atoms with E-state index in [0.29, 0.717) is 17.2 Å². The number of amides is 1. The number of nitrogens with zero attached hydrogens (tertiary/aromatic N) is 1. The molecular weight excluding hydrogens is 388 g/mol. The van der Waals surface area contributed by atoms with Crippen LogP contribution < -0.4 is 5.32 Å². The van der Waals surface area contributed by atoms with Gasteiger partial charge >= 0.3 is 5.97 Å². The molecule has 26 heavy (non-hydrogen) atoms. The number of carbonyl (C=O) groups is 2. The van der Waals surface area contributed by atoms with Crippen molar-refractivity contribution < 1.29 is 14.3 Å². The summed E-state index contributed by atoms with van der Waals surface area (Å²) in [4.78, 5) is 30.1. The lowest BCUT2D eigenvalue weighted by atomic mass is 10.1. The third-order valence-electron chi connectivity index (χ3n) is 3.78. The first-order valence-electron chi connectivity index (χ1n) is 8.03. The largest absolute Gasteiger partial charge is 0.462 e. The number of aryl methyl sites for hydroxylation is 1. The average Bonchev–Trinajstić information content (AvgIpc) is 3.30. The van der Waals surface area contributed by atoms with Crippen molar-refractivity contribution in [2.75, 3.05) is 11.9 Å². The van der Waals surface area contributed by atoms with Gasteiger partial charge in [0, 0.05) is 21.2 Å². The van der Waals surface area contributed by atoms with Gasteiger partial charge in [0.2, 0.25) is 5.91 Å². The van der Waals surface area contributed by atoms with E-state index in [0.717, 1.165) is 26.7 Å². The Morgan fingerprint density at radius 1 is 1.27 bits per heavy atom. The van der Waals surface area contributed by atoms with E-state index in [4.69, 9.17) is 4.74 Å². The average molecular weight is 407 g/mol. The van der Waals surface area contributed by atoms with E-state index < -0.39 is 5.97 Å². The zero-order valence-corrected chi connectivity index (χ0v) is 17.1. The van der Waals surface area contributed by atoms with Crippen molar-refractivity contribution in [3.8, 4) is 10.6 Å². The Kier molecular flexibility index (Phi) is 5.85. The van der Waals surface area contributed by atoms with Crippen molar-refractivity contribution >= 4 is 50.9 Å². The zero-order valence-electron chi connectivity index (χ0n) is 14.6. The van der Waals surface area contributed by atoms with Gasteiger partial charge in [-0.15, -0.1) is 22.7 Å². The molecule has 0 saturated heterocycles. The molecule has 5 nitrogen and oxygen atoms in total. The summed E-state index contributed by atoms with van der Waals surface area (Å²) >= 11 is 4.53. The number of hydrogen-bond acceptors (Lipinski definition) is 7. The van der Waals surface area contributed by atoms with Gasteiger partial charge in [-0.3, -0.25) is 4.79 Å². The molecule has 3 rings (SSSR count). The van der Waals surface area contributed by atoms with Crippen LogP contribution >= 0.6 is 34.0 Å². The molecule has 0 aliphatic carbocycles. The Bertz CT molecular complexity index is 926. The zero-order chi connectivity index (χ0) is 18.7. The van der Waals surface area contributed by atoms with Crippen LogP contribution in [-0.2, 0) is 16.0 Å². The number of anilines is 1. The number of hydrogen-bond donors (Lipinski definition) is 1. The van der Waals surface area contributed by atoms with Crippen molar-refractivity contribution in [1.29, 1.82) is 0 Å². The highest BCUT2D eigenvalue weighted by Crippen LogP contribution is 2.33. The quantitative estimate of drug-likeness (QED) is 0.591. The maximum atomic E-state index is 12.4. The Hall–Kier alpha value is -2.03. The highest BCUT2D eigenvalue weighted by Gasteiger charge is 2.22. The van der Waals surface area contributed by atoms with Crippen LogP contribution in [0, 0.1) is 13.8 Å². The summed E-state index contributed by atoms with van der Waals surface area (Å²) in [5.41, 5.74) is 3.08. The van der Waals surface area contributed by atoms with E-state index in [9.17, 15) is 9.59 Å². The van der Waals surface area contributed by atoms with Crippen LogP contribution in [0.3, 0.4) is 0 Å². The minimum atomic E-state index is -0.405. The summed E-state index contributed by atoms with van der Waals surface area (Å²) in [5.74, 6) is -0.600. The molecule has 0 aliphatic rings. The lowest BCUT2D eigenvalue weighted by Gasteiger charge is -2.06. The van der Waals surface area contributed by atoms with Gasteiger partial charge in [-0.25, -0.2) is 9.78 Å². The first kappa shape index (κ1) is 18.8. The lowest BCUT2D eigenvalue weighted by Crippen LogP contribution is -2.16. The minimum Gasteiger partial charge on any atom is -0.462 e. The van der Waals surface area contributed by atoms with Crippen molar-refractivity contribution in [3.05, 3.63) is 43.9 Å². The molecule has 0 radical (unpaired) electrons. The van der Waals surface area contributed by atoms with Gasteiger partial charge in [0.25, 0.3) is 0 Å². The summed E-state index contributed by atoms with van der Waals surface area (Å²) in [6, 6.07) is 2.01. The molecule has 0 aliphatic heterocycles. The smallest absolute Gasteiger partial charge is 0.341 e. The summed E-state index contributed by atoms with van der Waals surface area (Å²) in [7, 11) is 0. The predicted molar refractivity (Wildman–Crippen MR) is 108 cm³/mol. The summed E-state index contributed by atoms with van der Waals surface area (Å²) in [6.45, 7) is 5.84. The minimum absolute atomic E-state index is 0.166. The number of aromatic nitrogens is 1. The first-order valence-corrected chi connectivity index (χ1v) is 10.7. The standard InChI is InChI=1S/C18H18N2O3S3/c1-4-23-18(22)15-10(2)11(3)26-17(15)20-14(21)7-13-9-25-16(19-13)12-5-6-24-8-12/h5-6,8-9H,4,7H2,1-3H3,(H,20,21). The molecule has 0 fully saturated rings. The second kappa shape index (κ2) is 8.11. The number of rotatable bonds is 6. The SMILES string of the molecule is CCOC(=O)c1c(NC(=O)Cc2csc(-c3ccsc3)n2)sc(C)c1C. The fourth-order valence-corrected chi connectivity index (χ4v) is 5.00. The molecule has 1 N–H and O–H groups in total. The van der Waals surface area contributed by atoms with Crippen molar-refractivity contribution in [3.63, 3.8) is 0 Å². The molecule has 0 saturated carbocycles. The van der Waals surface area contributed by atoms with Gasteiger partial charge in [0.15, 0.2) is 0 Å². The molecule has 0 unspecified atom stereocenters. The first-order chi connectivity index (χ1) is 12.5. The molecule has 0 bridgehead atoms. The maximum absolute atomic E-state index is 12.4. The second-order valence-electron chi connectivity index (χ2n) is 5.59. The highest BCUT2D eigenvalue weighted by atomic mass is 32.1. The van der Waals surface area contributed by atoms with Crippen LogP contribution in [-0.4, -0.2) is 23.5 Å². The predicted octanol–water partition coefficient (Wildman–Crippen LogP) is 4.91. The van der Waals surface area contributed by atoms with Crippen LogP contribution in [0.4, 0.5) is 5.00 Å². The van der Waals surface area contributed by atoms with E-state index >= 15 is 0 Å². The lowest BCUT2D eigenvalue weighted by molar-refractivity contribution is -0.115. The van der Waals surface area contributed by atoms with Gasteiger partial charge in [-0.2, -0.15) is 11.3 Å². The van der Waals surface area contributed by atoms with Crippen LogP contribution in [0.2, 0.25) is 0 Å². The Morgan fingerprint density at radius 2 is 2.08 bits per heavy atom. The van der Waals surface area contributed by atoms with Crippen LogP contribution in [0.25, 0.3) is 10.6 Å². The van der Waals surface area contributed by atoms with Crippen molar-refractivity contribution in [2.45, 2.75) is 27.2 Å². The monoisotopic (exact) mass is 406 g/mol. The van der Waals surface area contributed by atoms with Crippen LogP contribution in [0.1, 0.15) is 33.4 Å². The Balaban J connectivity index is 1.73. The molecule has 3 aromatic rings. The molecule has 136 valence electrons. The number of thiophene rings is 2. The topological polar surface area (TPSA) is 68.3 Å². The van der Waals surface area contributed by atoms with Crippen LogP contribution in [0.15, 0.2) is 22.2 Å². The third-order valence-corrected chi connectivity index (χ3v) is 6.53. The molecule has 3 aromatic heterocycles. The van der Waals surface area contributed by atoms with Gasteiger partial charge in [0.1, 0.15) is 10.0 Å². The van der Waals surface area contributed by atoms with Crippen molar-refractivity contribution in [2.24, 2.45) is 0 Å². The molecule has 0 spiro atoms. The fraction of sp³-hybridized carbons (Fsp3) is 0.278. The molecule has 0 atom stereocenters. The number of nitrogens with one attached hydrogen (secondary N) is 1. The van der Waals surface area contributed by atoms with E-state index in [1.807, 2.05) is 36.1 Å². The Labute approximate surface area is 163 Å². The fourth-order valence-electron chi connectivity index (χ4n) is 2.41. The van der Waals surface area contributed by atoms with Gasteiger partial charge in [-0.05, 0) is 37.8 Å². The summed E-state index contributed by atoms with van der Waals surface area (Å²) in [5, 5.41) is 10.2. The third kappa shape index (κ3) is 4.03. The summed E-state index contributed by atoms with van der Waals surface area (Å²) in [6.07, 6.45) is 0.166. The molecule has 3 heterocycles. The van der Waals surface area contributed by atoms with E-state index in [2.05, 4.69) is 10.3 Å². The number of esters is 1. The maximum Gasteiger partial charge on any atom is 0.341 e. The molecular formula is C18H18N2O3S3. The molecule has 0 aromatic carbocycles. The van der Waals surface area contributed by atoms with E-state index in [1.54, 1.807) is 18.3 Å². The highest BCUT2D eigenvalue weighted by molar-refractivity contribution is 7.17. The number of carbonyl (C=O) groups excluding carboxylic acids is 2. The van der Waals surface area contributed by atoms with Crippen LogP contribution in [0.5, 0.6) is 0 Å². The van der Waals surface area contributed by atoms with E-state index in [-0.39, 0.29) is 12.3 Å². The van der Waals surface area contributed by atoms with Gasteiger partial charge < -0.3 is 10.1 Å². The van der Waals surface area contributed by atoms with Gasteiger partial charge in [0.05, 0.1) is 24.3 Å². The Morgan fingerprint density at radius 3 is 2.77 bits per heavy atom. The molecule has 1 amide bonds. The summed E-state index contributed by atoms with van der Waals surface area (Å²) < 4.78 is 5.11. The normalized spacial score (nSPS) is 10.7. The number of thiazole rings is 1. The second-order valence-corrected chi connectivity index (χ2v) is 8.45. The van der Waals surface area contributed by atoms with Crippen molar-refractivity contribution in [1.82, 2.24) is 4.98 Å². The molecule has 8 heteroatoms. The van der Waals surface area contributed by atoms with Gasteiger partial charge in [-0.1, -0.05) is 0 Å². The number of ether oxygens (including phenoxy) is 1. The van der Waals surface area contributed by atoms with E-state index in [1.165, 1.54) is 22.7 Å².